The molecule has 2 aliphatic rings. The zero-order valence-electron chi connectivity index (χ0n) is 17.0. The van der Waals surface area contributed by atoms with Gasteiger partial charge in [-0.15, -0.1) is 0 Å². The maximum Gasteiger partial charge on any atom is 0.251 e. The first-order valence-corrected chi connectivity index (χ1v) is 10.6. The standard InChI is InChI=1S/C22H27N3O6/c26-11-17-20(28)21(29)19(27)16(31-17)7-6-12-8-13(9-14-10-23-25-18(12)14)22(30)24-15-4-2-1-3-5-15/h8-10,15-17,19-21,26-29H,1-5,11H2,(H,23,25)(H,24,30)/t16?,17?,19?,20-,21?/m1/s1. The lowest BCUT2D eigenvalue weighted by molar-refractivity contribution is -0.214. The second-order valence-electron chi connectivity index (χ2n) is 8.19. The van der Waals surface area contributed by atoms with Crippen molar-refractivity contribution in [2.45, 2.75) is 68.7 Å². The van der Waals surface area contributed by atoms with Gasteiger partial charge in [0, 0.05) is 17.0 Å². The van der Waals surface area contributed by atoms with Crippen molar-refractivity contribution in [1.29, 1.82) is 0 Å². The summed E-state index contributed by atoms with van der Waals surface area (Å²) in [5.41, 5.74) is 1.57. The zero-order chi connectivity index (χ0) is 22.0. The van der Waals surface area contributed by atoms with Crippen LogP contribution in [0, 0.1) is 11.8 Å². The quantitative estimate of drug-likeness (QED) is 0.371. The zero-order valence-corrected chi connectivity index (χ0v) is 17.0. The number of hydrogen-bond donors (Lipinski definition) is 6. The number of nitrogens with one attached hydrogen (secondary N) is 2. The van der Waals surface area contributed by atoms with Crippen molar-refractivity contribution < 1.29 is 30.0 Å². The van der Waals surface area contributed by atoms with Gasteiger partial charge >= 0.3 is 0 Å². The predicted octanol–water partition coefficient (Wildman–Crippen LogP) is -0.181. The summed E-state index contributed by atoms with van der Waals surface area (Å²) < 4.78 is 5.44. The number of carbonyl (C=O) groups is 1. The molecule has 2 fully saturated rings. The van der Waals surface area contributed by atoms with Gasteiger partial charge in [0.1, 0.15) is 30.5 Å². The first-order chi connectivity index (χ1) is 15.0. The molecule has 1 aliphatic carbocycles. The summed E-state index contributed by atoms with van der Waals surface area (Å²) >= 11 is 0. The highest BCUT2D eigenvalue weighted by Gasteiger charge is 2.42. The van der Waals surface area contributed by atoms with E-state index >= 15 is 0 Å². The summed E-state index contributed by atoms with van der Waals surface area (Å²) in [5.74, 6) is 5.47. The first kappa shape index (κ1) is 21.7. The van der Waals surface area contributed by atoms with E-state index in [4.69, 9.17) is 4.74 Å². The van der Waals surface area contributed by atoms with E-state index in [1.54, 1.807) is 18.3 Å². The Morgan fingerprint density at radius 1 is 1.16 bits per heavy atom. The molecular weight excluding hydrogens is 402 g/mol. The molecule has 0 radical (unpaired) electrons. The van der Waals surface area contributed by atoms with Crippen LogP contribution in [0.25, 0.3) is 10.9 Å². The average Bonchev–Trinajstić information content (AvgIpc) is 3.26. The number of aliphatic hydroxyl groups excluding tert-OH is 4. The number of carbonyl (C=O) groups excluding carboxylic acids is 1. The summed E-state index contributed by atoms with van der Waals surface area (Å²) in [6.07, 6.45) is 0.451. The summed E-state index contributed by atoms with van der Waals surface area (Å²) in [4.78, 5) is 12.8. The third-order valence-electron chi connectivity index (χ3n) is 5.99. The third-order valence-corrected chi connectivity index (χ3v) is 5.99. The second-order valence-corrected chi connectivity index (χ2v) is 8.19. The highest BCUT2D eigenvalue weighted by molar-refractivity contribution is 5.99. The van der Waals surface area contributed by atoms with Gasteiger partial charge in [-0.25, -0.2) is 0 Å². The van der Waals surface area contributed by atoms with Crippen molar-refractivity contribution in [2.24, 2.45) is 0 Å². The first-order valence-electron chi connectivity index (χ1n) is 10.6. The van der Waals surface area contributed by atoms with Crippen molar-refractivity contribution in [3.05, 3.63) is 29.5 Å². The van der Waals surface area contributed by atoms with Crippen LogP contribution in [0.15, 0.2) is 18.3 Å². The molecule has 9 heteroatoms. The van der Waals surface area contributed by atoms with Gasteiger partial charge < -0.3 is 30.5 Å². The van der Waals surface area contributed by atoms with Gasteiger partial charge in [-0.1, -0.05) is 31.1 Å². The molecule has 4 unspecified atom stereocenters. The number of nitrogens with zero attached hydrogens (tertiary/aromatic N) is 1. The van der Waals surface area contributed by atoms with Crippen LogP contribution in [0.2, 0.25) is 0 Å². The van der Waals surface area contributed by atoms with Gasteiger partial charge in [0.05, 0.1) is 23.9 Å². The molecule has 31 heavy (non-hydrogen) atoms. The Balaban J connectivity index is 1.59. The van der Waals surface area contributed by atoms with Gasteiger partial charge in [-0.2, -0.15) is 5.10 Å². The van der Waals surface area contributed by atoms with Gasteiger partial charge in [-0.3, -0.25) is 9.89 Å². The molecule has 5 atom stereocenters. The van der Waals surface area contributed by atoms with Gasteiger partial charge in [0.25, 0.3) is 5.91 Å². The lowest BCUT2D eigenvalue weighted by Gasteiger charge is -2.37. The molecule has 1 saturated heterocycles. The van der Waals surface area contributed by atoms with Crippen LogP contribution >= 0.6 is 0 Å². The number of hydrogen-bond acceptors (Lipinski definition) is 7. The molecule has 2 aromatic rings. The van der Waals surface area contributed by atoms with Crippen molar-refractivity contribution in [1.82, 2.24) is 15.5 Å². The van der Waals surface area contributed by atoms with Gasteiger partial charge in [0.2, 0.25) is 0 Å². The van der Waals surface area contributed by atoms with Crippen LogP contribution in [0.1, 0.15) is 48.0 Å². The lowest BCUT2D eigenvalue weighted by Crippen LogP contribution is -2.58. The summed E-state index contributed by atoms with van der Waals surface area (Å²) in [6, 6.07) is 3.57. The molecular formula is C22H27N3O6. The van der Waals surface area contributed by atoms with E-state index in [-0.39, 0.29) is 11.9 Å². The number of ether oxygens (including phenoxy) is 1. The van der Waals surface area contributed by atoms with Crippen molar-refractivity contribution >= 4 is 16.8 Å². The van der Waals surface area contributed by atoms with Crippen LogP contribution < -0.4 is 5.32 Å². The van der Waals surface area contributed by atoms with Crippen LogP contribution in [0.4, 0.5) is 0 Å². The van der Waals surface area contributed by atoms with Gasteiger partial charge in [-0.05, 0) is 25.0 Å². The van der Waals surface area contributed by atoms with E-state index < -0.39 is 37.1 Å². The molecule has 1 aromatic heterocycles. The van der Waals surface area contributed by atoms with Crippen LogP contribution in [-0.4, -0.2) is 79.7 Å². The Morgan fingerprint density at radius 2 is 1.94 bits per heavy atom. The largest absolute Gasteiger partial charge is 0.394 e. The summed E-state index contributed by atoms with van der Waals surface area (Å²) in [5, 5.41) is 50.1. The highest BCUT2D eigenvalue weighted by Crippen LogP contribution is 2.23. The minimum Gasteiger partial charge on any atom is -0.394 e. The molecule has 0 spiro atoms. The Hall–Kier alpha value is -2.48. The maximum absolute atomic E-state index is 12.8. The molecule has 4 rings (SSSR count). The van der Waals surface area contributed by atoms with Crippen LogP contribution in [0.3, 0.4) is 0 Å². The fourth-order valence-corrected chi connectivity index (χ4v) is 4.17. The molecule has 0 bridgehead atoms. The minimum absolute atomic E-state index is 0.171. The Kier molecular flexibility index (Phi) is 6.55. The van der Waals surface area contributed by atoms with E-state index in [2.05, 4.69) is 27.4 Å². The van der Waals surface area contributed by atoms with E-state index in [0.717, 1.165) is 31.1 Å². The van der Waals surface area contributed by atoms with Crippen LogP contribution in [-0.2, 0) is 4.74 Å². The molecule has 1 aliphatic heterocycles. The van der Waals surface area contributed by atoms with Crippen molar-refractivity contribution in [2.75, 3.05) is 6.61 Å². The average molecular weight is 429 g/mol. The fourth-order valence-electron chi connectivity index (χ4n) is 4.17. The Labute approximate surface area is 179 Å². The number of aliphatic hydroxyl groups is 4. The monoisotopic (exact) mass is 429 g/mol. The third kappa shape index (κ3) is 4.59. The minimum atomic E-state index is -1.50. The number of benzene rings is 1. The smallest absolute Gasteiger partial charge is 0.251 e. The molecule has 9 nitrogen and oxygen atoms in total. The second kappa shape index (κ2) is 9.34. The van der Waals surface area contributed by atoms with E-state index in [0.29, 0.717) is 16.6 Å². The number of aromatic nitrogens is 2. The lowest BCUT2D eigenvalue weighted by atomic mass is 9.94. The number of H-pyrrole nitrogens is 1. The topological polar surface area (TPSA) is 148 Å². The predicted molar refractivity (Wildman–Crippen MR) is 111 cm³/mol. The molecule has 2 heterocycles. The van der Waals surface area contributed by atoms with Gasteiger partial charge in [0.15, 0.2) is 0 Å². The van der Waals surface area contributed by atoms with Crippen molar-refractivity contribution in [3.63, 3.8) is 0 Å². The number of aromatic amines is 1. The SMILES string of the molecule is O=C(NC1CCCCC1)c1cc(C#CC2OC(CO)[C@@H](O)C(O)C2O)c2[nH]ncc2c1. The summed E-state index contributed by atoms with van der Waals surface area (Å²) in [6.45, 7) is -0.523. The van der Waals surface area contributed by atoms with Crippen molar-refractivity contribution in [3.8, 4) is 11.8 Å². The molecule has 1 amide bonds. The van der Waals surface area contributed by atoms with E-state index in [1.807, 2.05) is 0 Å². The van der Waals surface area contributed by atoms with E-state index in [9.17, 15) is 25.2 Å². The van der Waals surface area contributed by atoms with E-state index in [1.165, 1.54) is 6.42 Å². The molecule has 166 valence electrons. The highest BCUT2D eigenvalue weighted by atomic mass is 16.5. The number of fused-ring (bicyclic) bond motifs is 1. The number of rotatable bonds is 3. The Bertz CT molecular complexity index is 988. The Morgan fingerprint density at radius 3 is 2.68 bits per heavy atom. The molecule has 1 aromatic carbocycles. The maximum atomic E-state index is 12.8. The normalized spacial score (nSPS) is 29.4. The molecule has 6 N–H and O–H groups in total. The van der Waals surface area contributed by atoms with Crippen LogP contribution in [0.5, 0.6) is 0 Å². The molecule has 1 saturated carbocycles. The number of amides is 1. The fraction of sp³-hybridized carbons (Fsp3) is 0.545. The summed E-state index contributed by atoms with van der Waals surface area (Å²) in [7, 11) is 0.